The maximum atomic E-state index is 13.0. The van der Waals surface area contributed by atoms with Gasteiger partial charge in [-0.05, 0) is 23.9 Å². The molecule has 8 heteroatoms. The van der Waals surface area contributed by atoms with Gasteiger partial charge in [-0.3, -0.25) is 9.48 Å². The molecule has 1 amide bonds. The van der Waals surface area contributed by atoms with E-state index >= 15 is 0 Å². The predicted octanol–water partition coefficient (Wildman–Crippen LogP) is 3.71. The zero-order valence-electron chi connectivity index (χ0n) is 16.1. The Labute approximate surface area is 171 Å². The van der Waals surface area contributed by atoms with Crippen LogP contribution in [0.25, 0.3) is 23.0 Å². The van der Waals surface area contributed by atoms with E-state index in [4.69, 9.17) is 4.52 Å². The second kappa shape index (κ2) is 6.97. The van der Waals surface area contributed by atoms with Crippen molar-refractivity contribution in [3.8, 4) is 23.0 Å². The molecule has 0 saturated heterocycles. The van der Waals surface area contributed by atoms with Crippen LogP contribution in [-0.4, -0.2) is 37.3 Å². The standard InChI is InChI=1S/C21H19N5O2S/c1-13-9-11-29-18(13)21(27)26-10-8-16-15(12-26)17(23-25(16)2)20-22-19(24-28-20)14-6-4-3-5-7-14/h3-7,9,11H,8,10,12H2,1-2H3. The fourth-order valence-corrected chi connectivity index (χ4v) is 4.59. The summed E-state index contributed by atoms with van der Waals surface area (Å²) in [4.78, 5) is 20.2. The Morgan fingerprint density at radius 2 is 2.03 bits per heavy atom. The molecule has 0 saturated carbocycles. The quantitative estimate of drug-likeness (QED) is 0.519. The van der Waals surface area contributed by atoms with Gasteiger partial charge in [0, 0.05) is 36.8 Å². The molecule has 0 unspecified atom stereocenters. The molecular formula is C21H19N5O2S. The monoisotopic (exact) mass is 405 g/mol. The number of carbonyl (C=O) groups excluding carboxylic acids is 1. The highest BCUT2D eigenvalue weighted by molar-refractivity contribution is 7.12. The van der Waals surface area contributed by atoms with Gasteiger partial charge < -0.3 is 9.42 Å². The van der Waals surface area contributed by atoms with Gasteiger partial charge in [-0.2, -0.15) is 10.1 Å². The Bertz CT molecular complexity index is 1190. The van der Waals surface area contributed by atoms with Crippen molar-refractivity contribution >= 4 is 17.2 Å². The SMILES string of the molecule is Cc1ccsc1C(=O)N1CCc2c(c(-c3nc(-c4ccccc4)no3)nn2C)C1. The molecule has 4 heterocycles. The number of hydrogen-bond donors (Lipinski definition) is 0. The lowest BCUT2D eigenvalue weighted by Crippen LogP contribution is -2.36. The number of hydrogen-bond acceptors (Lipinski definition) is 6. The predicted molar refractivity (Wildman–Crippen MR) is 109 cm³/mol. The first-order valence-corrected chi connectivity index (χ1v) is 10.3. The third-order valence-corrected chi connectivity index (χ3v) is 6.25. The first-order chi connectivity index (χ1) is 14.1. The highest BCUT2D eigenvalue weighted by atomic mass is 32.1. The van der Waals surface area contributed by atoms with Crippen molar-refractivity contribution in [2.24, 2.45) is 7.05 Å². The molecule has 5 rings (SSSR count). The molecule has 1 aromatic carbocycles. The summed E-state index contributed by atoms with van der Waals surface area (Å²) in [5, 5.41) is 10.7. The van der Waals surface area contributed by atoms with Crippen LogP contribution in [0.1, 0.15) is 26.5 Å². The van der Waals surface area contributed by atoms with Crippen molar-refractivity contribution in [3.05, 3.63) is 63.5 Å². The summed E-state index contributed by atoms with van der Waals surface area (Å²) < 4.78 is 7.39. The molecule has 3 aromatic heterocycles. The van der Waals surface area contributed by atoms with Crippen LogP contribution in [-0.2, 0) is 20.0 Å². The van der Waals surface area contributed by atoms with Crippen molar-refractivity contribution in [2.75, 3.05) is 6.54 Å². The molecular weight excluding hydrogens is 386 g/mol. The van der Waals surface area contributed by atoms with Crippen LogP contribution in [0, 0.1) is 6.92 Å². The van der Waals surface area contributed by atoms with Crippen LogP contribution >= 0.6 is 11.3 Å². The molecule has 4 aromatic rings. The van der Waals surface area contributed by atoms with Gasteiger partial charge in [-0.15, -0.1) is 11.3 Å². The van der Waals surface area contributed by atoms with Gasteiger partial charge in [0.15, 0.2) is 5.69 Å². The largest absolute Gasteiger partial charge is 0.333 e. The molecule has 0 radical (unpaired) electrons. The topological polar surface area (TPSA) is 77.1 Å². The number of fused-ring (bicyclic) bond motifs is 1. The van der Waals surface area contributed by atoms with E-state index in [1.165, 1.54) is 11.3 Å². The molecule has 146 valence electrons. The van der Waals surface area contributed by atoms with E-state index in [9.17, 15) is 4.79 Å². The minimum atomic E-state index is 0.0634. The molecule has 1 aliphatic rings. The van der Waals surface area contributed by atoms with E-state index in [1.54, 1.807) is 0 Å². The smallest absolute Gasteiger partial charge is 0.279 e. The Morgan fingerprint density at radius 3 is 2.79 bits per heavy atom. The molecule has 0 bridgehead atoms. The molecule has 1 aliphatic heterocycles. The molecule has 0 spiro atoms. The highest BCUT2D eigenvalue weighted by Gasteiger charge is 2.30. The molecule has 0 fully saturated rings. The summed E-state index contributed by atoms with van der Waals surface area (Å²) in [6, 6.07) is 11.7. The zero-order chi connectivity index (χ0) is 20.0. The number of aryl methyl sites for hydroxylation is 2. The summed E-state index contributed by atoms with van der Waals surface area (Å²) in [6.07, 6.45) is 0.745. The lowest BCUT2D eigenvalue weighted by molar-refractivity contribution is 0.0738. The first-order valence-electron chi connectivity index (χ1n) is 9.39. The van der Waals surface area contributed by atoms with Crippen LogP contribution in [0.15, 0.2) is 46.3 Å². The van der Waals surface area contributed by atoms with Gasteiger partial charge in [0.2, 0.25) is 5.82 Å². The Balaban J connectivity index is 1.48. The Morgan fingerprint density at radius 1 is 1.21 bits per heavy atom. The van der Waals surface area contributed by atoms with Crippen molar-refractivity contribution < 1.29 is 9.32 Å². The van der Waals surface area contributed by atoms with Crippen LogP contribution in [0.4, 0.5) is 0 Å². The van der Waals surface area contributed by atoms with Gasteiger partial charge in [0.1, 0.15) is 0 Å². The van der Waals surface area contributed by atoms with Crippen LogP contribution in [0.2, 0.25) is 0 Å². The Kier molecular flexibility index (Phi) is 4.28. The van der Waals surface area contributed by atoms with Crippen LogP contribution < -0.4 is 0 Å². The second-order valence-corrected chi connectivity index (χ2v) is 8.01. The van der Waals surface area contributed by atoms with Gasteiger partial charge in [0.05, 0.1) is 11.4 Å². The number of carbonyl (C=O) groups is 1. The summed E-state index contributed by atoms with van der Waals surface area (Å²) in [6.45, 7) is 3.12. The van der Waals surface area contributed by atoms with E-state index in [0.717, 1.165) is 33.7 Å². The number of rotatable bonds is 3. The van der Waals surface area contributed by atoms with E-state index in [2.05, 4.69) is 15.2 Å². The van der Waals surface area contributed by atoms with Crippen LogP contribution in [0.5, 0.6) is 0 Å². The summed E-state index contributed by atoms with van der Waals surface area (Å²) in [5.41, 5.74) is 4.63. The van der Waals surface area contributed by atoms with Gasteiger partial charge in [-0.1, -0.05) is 35.5 Å². The molecule has 0 atom stereocenters. The van der Waals surface area contributed by atoms with Crippen LogP contribution in [0.3, 0.4) is 0 Å². The molecule has 0 aliphatic carbocycles. The Hall–Kier alpha value is -3.26. The minimum absolute atomic E-state index is 0.0634. The van der Waals surface area contributed by atoms with E-state index in [0.29, 0.717) is 30.5 Å². The normalized spacial score (nSPS) is 13.5. The zero-order valence-corrected chi connectivity index (χ0v) is 16.9. The van der Waals surface area contributed by atoms with E-state index in [1.807, 2.05) is 65.3 Å². The average Bonchev–Trinajstić information content (AvgIpc) is 3.47. The number of thiophene rings is 1. The van der Waals surface area contributed by atoms with Gasteiger partial charge in [0.25, 0.3) is 11.8 Å². The number of aromatic nitrogens is 4. The lowest BCUT2D eigenvalue weighted by atomic mass is 10.0. The molecule has 0 N–H and O–H groups in total. The van der Waals surface area contributed by atoms with Crippen molar-refractivity contribution in [1.29, 1.82) is 0 Å². The second-order valence-electron chi connectivity index (χ2n) is 7.10. The van der Waals surface area contributed by atoms with E-state index < -0.39 is 0 Å². The summed E-state index contributed by atoms with van der Waals surface area (Å²) in [5.74, 6) is 0.966. The molecule has 7 nitrogen and oxygen atoms in total. The first kappa shape index (κ1) is 17.8. The molecule has 29 heavy (non-hydrogen) atoms. The lowest BCUT2D eigenvalue weighted by Gasteiger charge is -2.27. The van der Waals surface area contributed by atoms with E-state index in [-0.39, 0.29) is 5.91 Å². The maximum absolute atomic E-state index is 13.0. The number of nitrogens with zero attached hydrogens (tertiary/aromatic N) is 5. The third kappa shape index (κ3) is 3.05. The fraction of sp³-hybridized carbons (Fsp3) is 0.238. The number of benzene rings is 1. The fourth-order valence-electron chi connectivity index (χ4n) is 3.70. The number of amides is 1. The summed E-state index contributed by atoms with van der Waals surface area (Å²) in [7, 11) is 1.91. The maximum Gasteiger partial charge on any atom is 0.279 e. The van der Waals surface area contributed by atoms with Gasteiger partial charge >= 0.3 is 0 Å². The van der Waals surface area contributed by atoms with Gasteiger partial charge in [-0.25, -0.2) is 0 Å². The van der Waals surface area contributed by atoms with Crippen molar-refractivity contribution in [3.63, 3.8) is 0 Å². The highest BCUT2D eigenvalue weighted by Crippen LogP contribution is 2.31. The average molecular weight is 405 g/mol. The third-order valence-electron chi connectivity index (χ3n) is 5.25. The minimum Gasteiger partial charge on any atom is -0.333 e. The van der Waals surface area contributed by atoms with Crippen molar-refractivity contribution in [1.82, 2.24) is 24.8 Å². The summed E-state index contributed by atoms with van der Waals surface area (Å²) >= 11 is 1.49. The van der Waals surface area contributed by atoms with Crippen molar-refractivity contribution in [2.45, 2.75) is 19.9 Å².